The van der Waals surface area contributed by atoms with Gasteiger partial charge in [0.2, 0.25) is 5.88 Å². The Balaban J connectivity index is 1.29. The molecule has 12 nitrogen and oxygen atoms in total. The average molecular weight is 664 g/mol. The fourth-order valence-electron chi connectivity index (χ4n) is 5.04. The highest BCUT2D eigenvalue weighted by molar-refractivity contribution is 7.85. The zero-order chi connectivity index (χ0) is 33.4. The quantitative estimate of drug-likeness (QED) is 0.331. The van der Waals surface area contributed by atoms with Crippen LogP contribution >= 0.6 is 0 Å². The molecule has 0 atom stereocenters. The van der Waals surface area contributed by atoms with E-state index in [1.807, 2.05) is 0 Å². The van der Waals surface area contributed by atoms with Crippen LogP contribution in [0, 0.1) is 0 Å². The summed E-state index contributed by atoms with van der Waals surface area (Å²) in [6.07, 6.45) is -2.10. The molecule has 246 valence electrons. The zero-order valence-electron chi connectivity index (χ0n) is 25.5. The van der Waals surface area contributed by atoms with Crippen molar-refractivity contribution >= 4 is 33.6 Å². The second-order valence-corrected chi connectivity index (χ2v) is 13.5. The lowest BCUT2D eigenvalue weighted by Gasteiger charge is -2.30. The van der Waals surface area contributed by atoms with Crippen LogP contribution in [-0.2, 0) is 51.2 Å². The van der Waals surface area contributed by atoms with Gasteiger partial charge in [0.15, 0.2) is 0 Å². The lowest BCUT2D eigenvalue weighted by Crippen LogP contribution is -2.40. The molecule has 0 saturated carbocycles. The first-order valence-corrected chi connectivity index (χ1v) is 16.0. The molecule has 5 rings (SSSR count). The minimum absolute atomic E-state index is 0.0800. The largest absolute Gasteiger partial charge is 0.444 e. The molecule has 2 aliphatic rings. The molecule has 16 heteroatoms. The number of fused-ring (bicyclic) bond motifs is 2. The second-order valence-electron chi connectivity index (χ2n) is 11.9. The summed E-state index contributed by atoms with van der Waals surface area (Å²) in [5.41, 5.74) is 0.805. The maximum Gasteiger partial charge on any atom is 0.416 e. The van der Waals surface area contributed by atoms with E-state index in [1.165, 1.54) is 17.3 Å². The molecule has 0 saturated heterocycles. The SMILES string of the molecule is CC(C)(C)OC(=O)N1CCc2c(ncnc2Oc2ccc3c(c2)CCN3C(=O)Nc2cc(COS(C)(=O)=O)cc(C(F)(F)F)c2)C1. The summed E-state index contributed by atoms with van der Waals surface area (Å²) in [6, 6.07) is 7.18. The predicted molar refractivity (Wildman–Crippen MR) is 160 cm³/mol. The number of amides is 3. The zero-order valence-corrected chi connectivity index (χ0v) is 26.3. The Morgan fingerprint density at radius 1 is 1.02 bits per heavy atom. The number of alkyl halides is 3. The summed E-state index contributed by atoms with van der Waals surface area (Å²) in [5.74, 6) is 0.812. The number of aromatic nitrogens is 2. The van der Waals surface area contributed by atoms with Crippen molar-refractivity contribution in [2.24, 2.45) is 0 Å². The first-order chi connectivity index (χ1) is 21.4. The van der Waals surface area contributed by atoms with Gasteiger partial charge >= 0.3 is 18.3 Å². The van der Waals surface area contributed by atoms with E-state index in [-0.39, 0.29) is 24.3 Å². The van der Waals surface area contributed by atoms with Gasteiger partial charge < -0.3 is 19.7 Å². The van der Waals surface area contributed by atoms with Crippen molar-refractivity contribution in [3.63, 3.8) is 0 Å². The van der Waals surface area contributed by atoms with E-state index in [2.05, 4.69) is 19.5 Å². The van der Waals surface area contributed by atoms with Gasteiger partial charge in [-0.15, -0.1) is 0 Å². The Morgan fingerprint density at radius 3 is 2.48 bits per heavy atom. The molecule has 0 unspecified atom stereocenters. The van der Waals surface area contributed by atoms with E-state index in [9.17, 15) is 31.2 Å². The first kappa shape index (κ1) is 32.9. The molecule has 2 aromatic carbocycles. The molecule has 0 bridgehead atoms. The van der Waals surface area contributed by atoms with E-state index >= 15 is 0 Å². The lowest BCUT2D eigenvalue weighted by atomic mass is 10.1. The van der Waals surface area contributed by atoms with Crippen molar-refractivity contribution in [2.45, 2.75) is 58.5 Å². The summed E-state index contributed by atoms with van der Waals surface area (Å²) in [4.78, 5) is 37.3. The van der Waals surface area contributed by atoms with E-state index < -0.39 is 46.2 Å². The van der Waals surface area contributed by atoms with Crippen molar-refractivity contribution in [1.29, 1.82) is 0 Å². The number of carbonyl (C=O) groups is 2. The number of rotatable bonds is 6. The molecular formula is C30H32F3N5O7S. The molecule has 3 heterocycles. The average Bonchev–Trinajstić information content (AvgIpc) is 3.38. The van der Waals surface area contributed by atoms with Gasteiger partial charge in [-0.25, -0.2) is 19.6 Å². The number of nitrogens with zero attached hydrogens (tertiary/aromatic N) is 4. The smallest absolute Gasteiger partial charge is 0.416 e. The van der Waals surface area contributed by atoms with Crippen LogP contribution in [0.3, 0.4) is 0 Å². The molecular weight excluding hydrogens is 631 g/mol. The Kier molecular flexibility index (Phi) is 8.88. The Labute approximate surface area is 263 Å². The number of hydrogen-bond acceptors (Lipinski definition) is 9. The van der Waals surface area contributed by atoms with Crippen LogP contribution in [0.1, 0.15) is 48.7 Å². The monoisotopic (exact) mass is 663 g/mol. The Hall–Kier alpha value is -4.44. The van der Waals surface area contributed by atoms with Crippen LogP contribution in [0.5, 0.6) is 11.6 Å². The molecule has 2 aliphatic heterocycles. The van der Waals surface area contributed by atoms with Crippen LogP contribution in [0.15, 0.2) is 42.7 Å². The molecule has 0 spiro atoms. The van der Waals surface area contributed by atoms with Gasteiger partial charge in [-0.1, -0.05) is 0 Å². The highest BCUT2D eigenvalue weighted by Gasteiger charge is 2.33. The fraction of sp³-hybridized carbons (Fsp3) is 0.400. The lowest BCUT2D eigenvalue weighted by molar-refractivity contribution is -0.137. The number of urea groups is 1. The molecule has 46 heavy (non-hydrogen) atoms. The molecule has 0 radical (unpaired) electrons. The van der Waals surface area contributed by atoms with Gasteiger partial charge in [0.1, 0.15) is 17.7 Å². The van der Waals surface area contributed by atoms with Crippen LogP contribution in [-0.4, -0.2) is 60.4 Å². The minimum atomic E-state index is -4.74. The Bertz CT molecular complexity index is 1780. The standard InChI is InChI=1S/C30H32F3N5O7S/c1-29(2,3)45-28(40)37-9-8-23-24(15-37)34-17-35-26(23)44-22-5-6-25-19(13-22)7-10-38(25)27(39)36-21-12-18(16-43-46(4,41)42)11-20(14-21)30(31,32)33/h5-6,11-14,17H,7-10,15-16H2,1-4H3,(H,36,39). The minimum Gasteiger partial charge on any atom is -0.444 e. The van der Waals surface area contributed by atoms with E-state index in [0.717, 1.165) is 29.5 Å². The number of ether oxygens (including phenoxy) is 2. The third-order valence-electron chi connectivity index (χ3n) is 7.04. The van der Waals surface area contributed by atoms with Gasteiger partial charge in [0, 0.05) is 30.0 Å². The summed E-state index contributed by atoms with van der Waals surface area (Å²) < 4.78 is 79.5. The number of anilines is 2. The molecule has 1 N–H and O–H groups in total. The summed E-state index contributed by atoms with van der Waals surface area (Å²) in [7, 11) is -3.91. The summed E-state index contributed by atoms with van der Waals surface area (Å²) >= 11 is 0. The fourth-order valence-corrected chi connectivity index (χ4v) is 5.39. The number of carbonyl (C=O) groups excluding carboxylic acids is 2. The molecule has 0 fully saturated rings. The number of hydrogen-bond donors (Lipinski definition) is 1. The van der Waals surface area contributed by atoms with Crippen molar-refractivity contribution in [3.05, 3.63) is 70.7 Å². The van der Waals surface area contributed by atoms with Crippen LogP contribution in [0.4, 0.5) is 34.1 Å². The highest BCUT2D eigenvalue weighted by Crippen LogP contribution is 2.36. The number of benzene rings is 2. The van der Waals surface area contributed by atoms with Gasteiger partial charge in [-0.3, -0.25) is 9.08 Å². The van der Waals surface area contributed by atoms with Gasteiger partial charge in [0.05, 0.1) is 30.7 Å². The van der Waals surface area contributed by atoms with Crippen LogP contribution in [0.2, 0.25) is 0 Å². The molecule has 1 aromatic heterocycles. The van der Waals surface area contributed by atoms with E-state index in [1.54, 1.807) is 43.9 Å². The van der Waals surface area contributed by atoms with Crippen molar-refractivity contribution in [3.8, 4) is 11.6 Å². The van der Waals surface area contributed by atoms with Crippen molar-refractivity contribution in [2.75, 3.05) is 29.6 Å². The normalized spacial score (nSPS) is 14.8. The van der Waals surface area contributed by atoms with Crippen molar-refractivity contribution < 1.29 is 44.8 Å². The third-order valence-corrected chi connectivity index (χ3v) is 7.58. The van der Waals surface area contributed by atoms with Crippen molar-refractivity contribution in [1.82, 2.24) is 14.9 Å². The maximum atomic E-state index is 13.5. The number of nitrogens with one attached hydrogen (secondary N) is 1. The topological polar surface area (TPSA) is 140 Å². The predicted octanol–water partition coefficient (Wildman–Crippen LogP) is 5.65. The van der Waals surface area contributed by atoms with Gasteiger partial charge in [-0.05, 0) is 81.1 Å². The molecule has 3 amide bonds. The van der Waals surface area contributed by atoms with Gasteiger partial charge in [-0.2, -0.15) is 21.6 Å². The van der Waals surface area contributed by atoms with E-state index in [0.29, 0.717) is 42.4 Å². The molecule has 0 aliphatic carbocycles. The Morgan fingerprint density at radius 2 is 1.78 bits per heavy atom. The van der Waals surface area contributed by atoms with Gasteiger partial charge in [0.25, 0.3) is 10.1 Å². The third kappa shape index (κ3) is 8.04. The highest BCUT2D eigenvalue weighted by atomic mass is 32.2. The second kappa shape index (κ2) is 12.4. The summed E-state index contributed by atoms with van der Waals surface area (Å²) in [6.45, 7) is 5.68. The maximum absolute atomic E-state index is 13.5. The summed E-state index contributed by atoms with van der Waals surface area (Å²) in [5, 5.41) is 2.48. The van der Waals surface area contributed by atoms with Crippen LogP contribution in [0.25, 0.3) is 0 Å². The van der Waals surface area contributed by atoms with E-state index in [4.69, 9.17) is 9.47 Å². The number of halogens is 3. The first-order valence-electron chi connectivity index (χ1n) is 14.2. The van der Waals surface area contributed by atoms with Crippen LogP contribution < -0.4 is 15.0 Å². The molecule has 3 aromatic rings.